The Hall–Kier alpha value is -1.75. The van der Waals surface area contributed by atoms with Gasteiger partial charge in [-0.05, 0) is 26.2 Å². The van der Waals surface area contributed by atoms with Crippen molar-refractivity contribution in [2.24, 2.45) is 0 Å². The lowest BCUT2D eigenvalue weighted by atomic mass is 10.1. The third kappa shape index (κ3) is 2.43. The molecule has 0 unspecified atom stereocenters. The number of hydrogen-bond acceptors (Lipinski definition) is 4. The number of hydrogen-bond donors (Lipinski definition) is 0. The van der Waals surface area contributed by atoms with E-state index in [9.17, 15) is 0 Å². The summed E-state index contributed by atoms with van der Waals surface area (Å²) in [5, 5.41) is 7.60. The van der Waals surface area contributed by atoms with Crippen molar-refractivity contribution in [3.05, 3.63) is 42.7 Å². The van der Waals surface area contributed by atoms with Gasteiger partial charge < -0.3 is 4.57 Å². The average molecular weight is 217 g/mol. The first-order valence-electron chi connectivity index (χ1n) is 5.17. The maximum Gasteiger partial charge on any atom is 0.119 e. The van der Waals surface area contributed by atoms with E-state index in [1.165, 1.54) is 0 Å². The Morgan fingerprint density at radius 3 is 2.56 bits per heavy atom. The van der Waals surface area contributed by atoms with Gasteiger partial charge in [0.15, 0.2) is 0 Å². The Kier molecular flexibility index (Phi) is 3.26. The van der Waals surface area contributed by atoms with Crippen molar-refractivity contribution in [1.29, 1.82) is 0 Å². The Balaban J connectivity index is 2.18. The maximum absolute atomic E-state index is 4.39. The summed E-state index contributed by atoms with van der Waals surface area (Å²) >= 11 is 0. The maximum atomic E-state index is 4.39. The lowest BCUT2D eigenvalue weighted by Gasteiger charge is -2.23. The summed E-state index contributed by atoms with van der Waals surface area (Å²) < 4.78 is 1.96. The number of rotatable bonds is 4. The molecule has 1 atom stereocenters. The monoisotopic (exact) mass is 217 g/mol. The molecule has 0 bridgehead atoms. The van der Waals surface area contributed by atoms with E-state index in [1.54, 1.807) is 12.7 Å². The molecule has 2 aromatic heterocycles. The molecule has 2 heterocycles. The molecule has 0 amide bonds. The molecule has 0 aromatic carbocycles. The van der Waals surface area contributed by atoms with Crippen LogP contribution in [0.25, 0.3) is 0 Å². The molecule has 0 aliphatic carbocycles. The summed E-state index contributed by atoms with van der Waals surface area (Å²) in [6.45, 7) is 0.803. The van der Waals surface area contributed by atoms with Gasteiger partial charge in [-0.2, -0.15) is 0 Å². The van der Waals surface area contributed by atoms with Crippen molar-refractivity contribution >= 4 is 0 Å². The molecule has 5 nitrogen and oxygen atoms in total. The van der Waals surface area contributed by atoms with Crippen molar-refractivity contribution in [3.8, 4) is 0 Å². The van der Waals surface area contributed by atoms with Crippen LogP contribution in [-0.4, -0.2) is 38.7 Å². The first-order valence-corrected chi connectivity index (χ1v) is 5.17. The first kappa shape index (κ1) is 10.8. The topological polar surface area (TPSA) is 46.8 Å². The molecule has 0 spiro atoms. The molecule has 16 heavy (non-hydrogen) atoms. The molecule has 0 aliphatic rings. The van der Waals surface area contributed by atoms with Gasteiger partial charge in [0.2, 0.25) is 0 Å². The molecule has 0 saturated carbocycles. The second kappa shape index (κ2) is 4.85. The van der Waals surface area contributed by atoms with E-state index in [1.807, 2.05) is 43.1 Å². The van der Waals surface area contributed by atoms with Gasteiger partial charge in [0.25, 0.3) is 0 Å². The third-order valence-corrected chi connectivity index (χ3v) is 2.50. The zero-order chi connectivity index (χ0) is 11.4. The van der Waals surface area contributed by atoms with Gasteiger partial charge in [0, 0.05) is 12.7 Å². The van der Waals surface area contributed by atoms with Gasteiger partial charge in [-0.3, -0.25) is 9.88 Å². The van der Waals surface area contributed by atoms with Gasteiger partial charge in [-0.1, -0.05) is 6.07 Å². The van der Waals surface area contributed by atoms with Crippen LogP contribution in [0, 0.1) is 0 Å². The molecule has 5 heteroatoms. The van der Waals surface area contributed by atoms with Crippen LogP contribution in [-0.2, 0) is 6.54 Å². The second-order valence-electron chi connectivity index (χ2n) is 3.89. The predicted molar refractivity (Wildman–Crippen MR) is 60.7 cm³/mol. The van der Waals surface area contributed by atoms with E-state index >= 15 is 0 Å². The molecular weight excluding hydrogens is 202 g/mol. The van der Waals surface area contributed by atoms with Crippen LogP contribution in [0.2, 0.25) is 0 Å². The first-order chi connectivity index (χ1) is 7.77. The van der Waals surface area contributed by atoms with Crippen LogP contribution < -0.4 is 0 Å². The van der Waals surface area contributed by atoms with Crippen LogP contribution in [0.15, 0.2) is 37.1 Å². The van der Waals surface area contributed by atoms with Gasteiger partial charge >= 0.3 is 0 Å². The zero-order valence-corrected chi connectivity index (χ0v) is 9.48. The van der Waals surface area contributed by atoms with Gasteiger partial charge in [0.05, 0.1) is 11.7 Å². The summed E-state index contributed by atoms with van der Waals surface area (Å²) in [7, 11) is 4.09. The van der Waals surface area contributed by atoms with Gasteiger partial charge in [0.1, 0.15) is 12.7 Å². The Labute approximate surface area is 94.8 Å². The zero-order valence-electron chi connectivity index (χ0n) is 9.48. The van der Waals surface area contributed by atoms with Crippen molar-refractivity contribution < 1.29 is 0 Å². The summed E-state index contributed by atoms with van der Waals surface area (Å²) in [5.74, 6) is 0. The molecule has 2 aromatic rings. The van der Waals surface area contributed by atoms with Gasteiger partial charge in [-0.15, -0.1) is 10.2 Å². The minimum atomic E-state index is 0.234. The highest BCUT2D eigenvalue weighted by Gasteiger charge is 2.15. The number of aromatic nitrogens is 4. The predicted octanol–water partition coefficient (Wildman–Crippen LogP) is 0.976. The summed E-state index contributed by atoms with van der Waals surface area (Å²) in [6.07, 6.45) is 5.26. The fourth-order valence-corrected chi connectivity index (χ4v) is 1.61. The van der Waals surface area contributed by atoms with Crippen LogP contribution in [0.3, 0.4) is 0 Å². The van der Waals surface area contributed by atoms with Gasteiger partial charge in [-0.25, -0.2) is 0 Å². The average Bonchev–Trinajstić information content (AvgIpc) is 2.79. The lowest BCUT2D eigenvalue weighted by molar-refractivity contribution is 0.263. The van der Waals surface area contributed by atoms with Crippen LogP contribution in [0.5, 0.6) is 0 Å². The largest absolute Gasteiger partial charge is 0.318 e. The van der Waals surface area contributed by atoms with Crippen LogP contribution >= 0.6 is 0 Å². The van der Waals surface area contributed by atoms with E-state index < -0.39 is 0 Å². The number of nitrogens with zero attached hydrogens (tertiary/aromatic N) is 5. The number of pyridine rings is 1. The standard InChI is InChI=1S/C11H15N5/c1-15(2)11(7-16-8-13-14-9-16)10-5-3-4-6-12-10/h3-6,8-9,11H,7H2,1-2H3/t11-/m0/s1. The van der Waals surface area contributed by atoms with Crippen molar-refractivity contribution in [2.45, 2.75) is 12.6 Å². The normalized spacial score (nSPS) is 12.9. The molecule has 0 radical (unpaired) electrons. The minimum absolute atomic E-state index is 0.234. The Morgan fingerprint density at radius 1 is 1.25 bits per heavy atom. The quantitative estimate of drug-likeness (QED) is 0.765. The Bertz CT molecular complexity index is 409. The molecular formula is C11H15N5. The molecule has 0 fully saturated rings. The highest BCUT2D eigenvalue weighted by Crippen LogP contribution is 2.17. The molecule has 0 saturated heterocycles. The molecule has 0 aliphatic heterocycles. The third-order valence-electron chi connectivity index (χ3n) is 2.50. The minimum Gasteiger partial charge on any atom is -0.318 e. The van der Waals surface area contributed by atoms with E-state index in [2.05, 4.69) is 20.1 Å². The summed E-state index contributed by atoms with van der Waals surface area (Å²) in [4.78, 5) is 6.53. The fourth-order valence-electron chi connectivity index (χ4n) is 1.61. The van der Waals surface area contributed by atoms with E-state index in [0.29, 0.717) is 0 Å². The van der Waals surface area contributed by atoms with E-state index in [4.69, 9.17) is 0 Å². The summed E-state index contributed by atoms with van der Waals surface area (Å²) in [5.41, 5.74) is 1.06. The van der Waals surface area contributed by atoms with Crippen LogP contribution in [0.1, 0.15) is 11.7 Å². The Morgan fingerprint density at radius 2 is 2.00 bits per heavy atom. The highest BCUT2D eigenvalue weighted by molar-refractivity contribution is 5.08. The lowest BCUT2D eigenvalue weighted by Crippen LogP contribution is -2.25. The summed E-state index contributed by atoms with van der Waals surface area (Å²) in [6, 6.07) is 6.20. The fraction of sp³-hybridized carbons (Fsp3) is 0.364. The second-order valence-corrected chi connectivity index (χ2v) is 3.89. The number of likely N-dealkylation sites (N-methyl/N-ethyl adjacent to an activating group) is 1. The smallest absolute Gasteiger partial charge is 0.119 e. The van der Waals surface area contributed by atoms with Crippen molar-refractivity contribution in [2.75, 3.05) is 14.1 Å². The van der Waals surface area contributed by atoms with Crippen LogP contribution in [0.4, 0.5) is 0 Å². The van der Waals surface area contributed by atoms with Crippen molar-refractivity contribution in [1.82, 2.24) is 24.6 Å². The molecule has 0 N–H and O–H groups in total. The molecule has 84 valence electrons. The van der Waals surface area contributed by atoms with E-state index in [-0.39, 0.29) is 6.04 Å². The SMILES string of the molecule is CN(C)[C@@H](Cn1cnnc1)c1ccccn1. The van der Waals surface area contributed by atoms with E-state index in [0.717, 1.165) is 12.2 Å². The highest BCUT2D eigenvalue weighted by atomic mass is 15.2. The molecule has 2 rings (SSSR count). The van der Waals surface area contributed by atoms with Crippen molar-refractivity contribution in [3.63, 3.8) is 0 Å².